The highest BCUT2D eigenvalue weighted by Crippen LogP contribution is 2.11. The number of carbonyl (C=O) groups excluding carboxylic acids is 3. The van der Waals surface area contributed by atoms with E-state index in [4.69, 9.17) is 0 Å². The van der Waals surface area contributed by atoms with Gasteiger partial charge in [0.05, 0.1) is 0 Å². The summed E-state index contributed by atoms with van der Waals surface area (Å²) in [5.74, 6) is -0.667. The van der Waals surface area contributed by atoms with Gasteiger partial charge in [-0.25, -0.2) is 0 Å². The molecule has 0 aliphatic rings. The van der Waals surface area contributed by atoms with Crippen LogP contribution in [-0.2, 0) is 9.59 Å². The molecular weight excluding hydrogens is 280 g/mol. The summed E-state index contributed by atoms with van der Waals surface area (Å²) in [6, 6.07) is 6.67. The van der Waals surface area contributed by atoms with Crippen LogP contribution in [0.2, 0.25) is 0 Å². The molecule has 0 heterocycles. The monoisotopic (exact) mass is 302 g/mol. The van der Waals surface area contributed by atoms with Gasteiger partial charge in [0.25, 0.3) is 5.91 Å². The maximum Gasteiger partial charge on any atom is 0.251 e. The number of anilines is 1. The maximum absolute atomic E-state index is 12.0. The zero-order valence-corrected chi connectivity index (χ0v) is 13.4. The Bertz CT molecular complexity index is 588. The lowest BCUT2D eigenvalue weighted by Crippen LogP contribution is -2.31. The smallest absolute Gasteiger partial charge is 0.251 e. The van der Waals surface area contributed by atoms with E-state index in [1.807, 2.05) is 13.8 Å². The Labute approximate surface area is 130 Å². The van der Waals surface area contributed by atoms with Crippen LogP contribution in [0.4, 0.5) is 5.69 Å². The molecule has 1 unspecified atom stereocenters. The van der Waals surface area contributed by atoms with Crippen molar-refractivity contribution >= 4 is 23.3 Å². The van der Waals surface area contributed by atoms with E-state index in [1.54, 1.807) is 31.2 Å². The van der Waals surface area contributed by atoms with Gasteiger partial charge < -0.3 is 10.6 Å². The summed E-state index contributed by atoms with van der Waals surface area (Å²) in [5.41, 5.74) is 1.47. The molecule has 1 aromatic carbocycles. The number of hydrogen-bond donors (Lipinski definition) is 2. The second-order valence-electron chi connectivity index (χ2n) is 5.23. The number of benzene rings is 1. The van der Waals surface area contributed by atoms with Gasteiger partial charge in [-0.2, -0.15) is 0 Å². The average Bonchev–Trinajstić information content (AvgIpc) is 2.47. The molecule has 0 spiro atoms. The molecule has 0 radical (unpaired) electrons. The highest BCUT2D eigenvalue weighted by molar-refractivity contribution is 6.07. The Morgan fingerprint density at radius 2 is 1.73 bits per heavy atom. The second-order valence-corrected chi connectivity index (χ2v) is 5.23. The van der Waals surface area contributed by atoms with Crippen molar-refractivity contribution in [3.63, 3.8) is 0 Å². The molecule has 0 aliphatic carbocycles. The van der Waals surface area contributed by atoms with Gasteiger partial charge in [-0.05, 0) is 51.5 Å². The first kappa shape index (κ1) is 17.6. The lowest BCUT2D eigenvalue weighted by atomic mass is 10.1. The van der Waals surface area contributed by atoms with E-state index in [1.165, 1.54) is 13.0 Å². The fourth-order valence-corrected chi connectivity index (χ4v) is 1.67. The number of nitrogens with one attached hydrogen (secondary N) is 2. The molecule has 0 saturated heterocycles. The molecule has 1 aromatic rings. The molecule has 2 N–H and O–H groups in total. The number of carbonyl (C=O) groups is 3. The normalized spacial score (nSPS) is 12.5. The van der Waals surface area contributed by atoms with Crippen LogP contribution in [0.1, 0.15) is 44.5 Å². The molecule has 0 bridgehead atoms. The molecule has 1 rings (SSSR count). The van der Waals surface area contributed by atoms with Crippen molar-refractivity contribution < 1.29 is 14.4 Å². The van der Waals surface area contributed by atoms with E-state index in [9.17, 15) is 14.4 Å². The molecule has 1 atom stereocenters. The quantitative estimate of drug-likeness (QED) is 0.626. The zero-order valence-electron chi connectivity index (χ0n) is 13.4. The molecule has 0 saturated carbocycles. The minimum Gasteiger partial charge on any atom is -0.350 e. The summed E-state index contributed by atoms with van der Waals surface area (Å²) in [7, 11) is 0. The second kappa shape index (κ2) is 8.12. The fraction of sp³-hybridized carbons (Fsp3) is 0.353. The Balaban J connectivity index is 2.67. The van der Waals surface area contributed by atoms with E-state index in [2.05, 4.69) is 10.6 Å². The number of hydrogen-bond acceptors (Lipinski definition) is 3. The molecular formula is C17H22N2O3. The van der Waals surface area contributed by atoms with Crippen LogP contribution < -0.4 is 10.6 Å². The minimum absolute atomic E-state index is 0.0318. The van der Waals surface area contributed by atoms with Crippen LogP contribution >= 0.6 is 0 Å². The van der Waals surface area contributed by atoms with Crippen LogP contribution in [0.25, 0.3) is 0 Å². The summed E-state index contributed by atoms with van der Waals surface area (Å²) < 4.78 is 0. The van der Waals surface area contributed by atoms with E-state index in [-0.39, 0.29) is 23.6 Å². The van der Waals surface area contributed by atoms with Gasteiger partial charge in [-0.15, -0.1) is 0 Å². The van der Waals surface area contributed by atoms with Crippen molar-refractivity contribution in [1.29, 1.82) is 0 Å². The van der Waals surface area contributed by atoms with E-state index >= 15 is 0 Å². The molecule has 0 aromatic heterocycles. The Kier molecular flexibility index (Phi) is 6.50. The van der Waals surface area contributed by atoms with Crippen molar-refractivity contribution in [1.82, 2.24) is 5.32 Å². The molecule has 22 heavy (non-hydrogen) atoms. The summed E-state index contributed by atoms with van der Waals surface area (Å²) in [4.78, 5) is 34.9. The lowest BCUT2D eigenvalue weighted by molar-refractivity contribution is -0.118. The van der Waals surface area contributed by atoms with Crippen LogP contribution in [0.5, 0.6) is 0 Å². The summed E-state index contributed by atoms with van der Waals surface area (Å²) in [6.07, 6.45) is 2.11. The standard InChI is InChI=1S/C17H22N2O3/c1-5-12(3)18-16(21)10-11(2)17(22)19-15-8-6-14(7-9-15)13(4)20/h6-10,12H,5H2,1-4H3,(H,18,21)(H,19,22)/b11-10-. The third-order valence-electron chi connectivity index (χ3n) is 3.26. The minimum atomic E-state index is -0.352. The number of Topliss-reactive ketones (excluding diaryl/α,β-unsaturated/α-hetero) is 1. The van der Waals surface area contributed by atoms with Crippen molar-refractivity contribution in [3.8, 4) is 0 Å². The van der Waals surface area contributed by atoms with Gasteiger partial charge in [-0.3, -0.25) is 14.4 Å². The molecule has 2 amide bonds. The summed E-state index contributed by atoms with van der Waals surface area (Å²) in [6.45, 7) is 6.93. The van der Waals surface area contributed by atoms with E-state index in [0.717, 1.165) is 6.42 Å². The van der Waals surface area contributed by atoms with Gasteiger partial charge in [-0.1, -0.05) is 6.92 Å². The highest BCUT2D eigenvalue weighted by Gasteiger charge is 2.09. The molecule has 118 valence electrons. The Morgan fingerprint density at radius 1 is 1.14 bits per heavy atom. The zero-order chi connectivity index (χ0) is 16.7. The third kappa shape index (κ3) is 5.52. The Hall–Kier alpha value is -2.43. The van der Waals surface area contributed by atoms with Gasteiger partial charge in [0.1, 0.15) is 0 Å². The first-order valence-corrected chi connectivity index (χ1v) is 7.24. The average molecular weight is 302 g/mol. The van der Waals surface area contributed by atoms with E-state index in [0.29, 0.717) is 16.8 Å². The highest BCUT2D eigenvalue weighted by atomic mass is 16.2. The largest absolute Gasteiger partial charge is 0.350 e. The topological polar surface area (TPSA) is 75.3 Å². The van der Waals surface area contributed by atoms with Crippen molar-refractivity contribution in [2.24, 2.45) is 0 Å². The lowest BCUT2D eigenvalue weighted by Gasteiger charge is -2.10. The van der Waals surface area contributed by atoms with Crippen LogP contribution in [0.15, 0.2) is 35.9 Å². The maximum atomic E-state index is 12.0. The van der Waals surface area contributed by atoms with Crippen molar-refractivity contribution in [2.75, 3.05) is 5.32 Å². The Morgan fingerprint density at radius 3 is 2.23 bits per heavy atom. The third-order valence-corrected chi connectivity index (χ3v) is 3.26. The van der Waals surface area contributed by atoms with Gasteiger partial charge >= 0.3 is 0 Å². The molecule has 0 fully saturated rings. The molecule has 5 nitrogen and oxygen atoms in total. The molecule has 0 aliphatic heterocycles. The number of ketones is 1. The SMILES string of the molecule is CCC(C)NC(=O)/C=C(/C)C(=O)Nc1ccc(C(C)=O)cc1. The van der Waals surface area contributed by atoms with Crippen molar-refractivity contribution in [3.05, 3.63) is 41.5 Å². The van der Waals surface area contributed by atoms with E-state index < -0.39 is 0 Å². The van der Waals surface area contributed by atoms with Gasteiger partial charge in [0, 0.05) is 28.9 Å². The number of amides is 2. The van der Waals surface area contributed by atoms with Gasteiger partial charge in [0.2, 0.25) is 5.91 Å². The predicted molar refractivity (Wildman–Crippen MR) is 86.7 cm³/mol. The van der Waals surface area contributed by atoms with Gasteiger partial charge in [0.15, 0.2) is 5.78 Å². The first-order valence-electron chi connectivity index (χ1n) is 7.24. The predicted octanol–water partition coefficient (Wildman–Crippen LogP) is 2.69. The summed E-state index contributed by atoms with van der Waals surface area (Å²) >= 11 is 0. The first-order chi connectivity index (χ1) is 10.3. The van der Waals surface area contributed by atoms with Crippen LogP contribution in [-0.4, -0.2) is 23.6 Å². The van der Waals surface area contributed by atoms with Crippen LogP contribution in [0.3, 0.4) is 0 Å². The molecule has 5 heteroatoms. The van der Waals surface area contributed by atoms with Crippen LogP contribution in [0, 0.1) is 0 Å². The fourth-order valence-electron chi connectivity index (χ4n) is 1.67. The van der Waals surface area contributed by atoms with Crippen molar-refractivity contribution in [2.45, 2.75) is 40.2 Å². The summed E-state index contributed by atoms with van der Waals surface area (Å²) in [5, 5.41) is 5.45. The number of rotatable bonds is 6.